The summed E-state index contributed by atoms with van der Waals surface area (Å²) in [4.78, 5) is 0. The van der Waals surface area contributed by atoms with Gasteiger partial charge in [-0.15, -0.1) is 5.10 Å². The quantitative estimate of drug-likeness (QED) is 0.799. The fourth-order valence-electron chi connectivity index (χ4n) is 2.23. The van der Waals surface area contributed by atoms with Gasteiger partial charge < -0.3 is 5.73 Å². The van der Waals surface area contributed by atoms with E-state index in [1.807, 2.05) is 11.4 Å². The Hall–Kier alpha value is -1.58. The van der Waals surface area contributed by atoms with Gasteiger partial charge in [-0.2, -0.15) is 0 Å². The van der Waals surface area contributed by atoms with E-state index < -0.39 is 0 Å². The lowest BCUT2D eigenvalue weighted by molar-refractivity contribution is 0.704. The summed E-state index contributed by atoms with van der Waals surface area (Å²) in [5.74, 6) is 0.414. The van der Waals surface area contributed by atoms with Crippen LogP contribution < -0.4 is 5.73 Å². The van der Waals surface area contributed by atoms with Gasteiger partial charge >= 0.3 is 0 Å². The molecule has 0 aromatic carbocycles. The zero-order valence-corrected chi connectivity index (χ0v) is 10.5. The zero-order chi connectivity index (χ0) is 12.0. The second kappa shape index (κ2) is 3.47. The van der Waals surface area contributed by atoms with Crippen LogP contribution in [0.3, 0.4) is 0 Å². The molecule has 0 aliphatic heterocycles. The molecule has 0 atom stereocenters. The third kappa shape index (κ3) is 1.29. The van der Waals surface area contributed by atoms with Gasteiger partial charge in [-0.1, -0.05) is 19.1 Å². The summed E-state index contributed by atoms with van der Waals surface area (Å²) in [6, 6.07) is 0. The standard InChI is InChI=1S/C12H18N4/c1-6(2)11-7(3)8(4)12-10(13)9(5)14-15-16(11)12/h6H,13H2,1-5H3. The third-order valence-electron chi connectivity index (χ3n) is 3.22. The van der Waals surface area contributed by atoms with Crippen LogP contribution in [0.15, 0.2) is 0 Å². The Morgan fingerprint density at radius 2 is 1.75 bits per heavy atom. The maximum Gasteiger partial charge on any atom is 0.0947 e. The van der Waals surface area contributed by atoms with Crippen molar-refractivity contribution in [3.8, 4) is 0 Å². The summed E-state index contributed by atoms with van der Waals surface area (Å²) < 4.78 is 1.89. The van der Waals surface area contributed by atoms with E-state index in [0.717, 1.165) is 16.9 Å². The maximum absolute atomic E-state index is 6.08. The molecule has 0 saturated carbocycles. The smallest absolute Gasteiger partial charge is 0.0947 e. The van der Waals surface area contributed by atoms with Crippen LogP contribution in [-0.4, -0.2) is 14.8 Å². The molecule has 2 N–H and O–H groups in total. The molecule has 2 aromatic rings. The van der Waals surface area contributed by atoms with Crippen molar-refractivity contribution in [3.63, 3.8) is 0 Å². The van der Waals surface area contributed by atoms with Crippen molar-refractivity contribution in [3.05, 3.63) is 22.5 Å². The number of aryl methyl sites for hydroxylation is 2. The molecule has 0 saturated heterocycles. The zero-order valence-electron chi connectivity index (χ0n) is 10.5. The van der Waals surface area contributed by atoms with Gasteiger partial charge in [-0.25, -0.2) is 4.52 Å². The normalized spacial score (nSPS) is 11.6. The van der Waals surface area contributed by atoms with E-state index in [-0.39, 0.29) is 0 Å². The maximum atomic E-state index is 6.08. The summed E-state index contributed by atoms with van der Waals surface area (Å²) >= 11 is 0. The van der Waals surface area contributed by atoms with E-state index in [9.17, 15) is 0 Å². The molecule has 86 valence electrons. The Kier molecular flexibility index (Phi) is 2.37. The van der Waals surface area contributed by atoms with Crippen LogP contribution in [0.4, 0.5) is 5.69 Å². The van der Waals surface area contributed by atoms with E-state index in [1.54, 1.807) is 0 Å². The topological polar surface area (TPSA) is 56.2 Å². The van der Waals surface area contributed by atoms with Crippen molar-refractivity contribution < 1.29 is 0 Å². The molecule has 0 radical (unpaired) electrons. The highest BCUT2D eigenvalue weighted by molar-refractivity contribution is 5.77. The van der Waals surface area contributed by atoms with Crippen LogP contribution in [-0.2, 0) is 0 Å². The fraction of sp³-hybridized carbons (Fsp3) is 0.500. The molecular formula is C12H18N4. The van der Waals surface area contributed by atoms with Crippen LogP contribution in [0.2, 0.25) is 0 Å². The summed E-state index contributed by atoms with van der Waals surface area (Å²) in [5, 5.41) is 8.32. The van der Waals surface area contributed by atoms with Crippen LogP contribution in [0.25, 0.3) is 5.52 Å². The Bertz CT molecular complexity index is 552. The molecule has 0 amide bonds. The van der Waals surface area contributed by atoms with Crippen molar-refractivity contribution in [2.45, 2.75) is 40.5 Å². The summed E-state index contributed by atoms with van der Waals surface area (Å²) in [6.07, 6.45) is 0. The van der Waals surface area contributed by atoms with Crippen molar-refractivity contribution in [2.24, 2.45) is 0 Å². The van der Waals surface area contributed by atoms with Gasteiger partial charge in [0.15, 0.2) is 0 Å². The molecule has 2 heterocycles. The molecule has 4 heteroatoms. The number of anilines is 1. The second-order valence-corrected chi connectivity index (χ2v) is 4.64. The average molecular weight is 218 g/mol. The lowest BCUT2D eigenvalue weighted by Crippen LogP contribution is -2.06. The first kappa shape index (κ1) is 10.9. The predicted molar refractivity (Wildman–Crippen MR) is 65.7 cm³/mol. The van der Waals surface area contributed by atoms with Gasteiger partial charge in [-0.3, -0.25) is 0 Å². The third-order valence-corrected chi connectivity index (χ3v) is 3.22. The number of nitrogen functional groups attached to an aromatic ring is 1. The SMILES string of the molecule is Cc1nnn2c(C(C)C)c(C)c(C)c2c1N. The van der Waals surface area contributed by atoms with Crippen LogP contribution in [0.1, 0.15) is 42.3 Å². The highest BCUT2D eigenvalue weighted by atomic mass is 15.4. The number of hydrogen-bond donors (Lipinski definition) is 1. The summed E-state index contributed by atoms with van der Waals surface area (Å²) in [6.45, 7) is 10.4. The lowest BCUT2D eigenvalue weighted by Gasteiger charge is -2.07. The van der Waals surface area contributed by atoms with Gasteiger partial charge in [0.05, 0.1) is 22.6 Å². The largest absolute Gasteiger partial charge is 0.395 e. The Balaban J connectivity index is 2.96. The van der Waals surface area contributed by atoms with Gasteiger partial charge in [0.2, 0.25) is 0 Å². The second-order valence-electron chi connectivity index (χ2n) is 4.64. The summed E-state index contributed by atoms with van der Waals surface area (Å²) in [5.41, 5.74) is 12.3. The van der Waals surface area contributed by atoms with E-state index in [4.69, 9.17) is 5.73 Å². The van der Waals surface area contributed by atoms with Crippen molar-refractivity contribution in [1.29, 1.82) is 0 Å². The number of fused-ring (bicyclic) bond motifs is 1. The molecule has 4 nitrogen and oxygen atoms in total. The number of nitrogens with zero attached hydrogens (tertiary/aromatic N) is 3. The number of aromatic nitrogens is 3. The van der Waals surface area contributed by atoms with E-state index in [1.165, 1.54) is 16.8 Å². The lowest BCUT2D eigenvalue weighted by atomic mass is 10.0. The first-order chi connectivity index (χ1) is 7.45. The van der Waals surface area contributed by atoms with Crippen LogP contribution >= 0.6 is 0 Å². The van der Waals surface area contributed by atoms with Crippen molar-refractivity contribution >= 4 is 11.2 Å². The average Bonchev–Trinajstić information content (AvgIpc) is 2.46. The monoisotopic (exact) mass is 218 g/mol. The molecule has 2 rings (SSSR count). The van der Waals surface area contributed by atoms with Gasteiger partial charge in [-0.05, 0) is 37.8 Å². The minimum Gasteiger partial charge on any atom is -0.395 e. The Labute approximate surface area is 95.5 Å². The van der Waals surface area contributed by atoms with Crippen molar-refractivity contribution in [2.75, 3.05) is 5.73 Å². The predicted octanol–water partition coefficient (Wildman–Crippen LogP) is 2.36. The highest BCUT2D eigenvalue weighted by Crippen LogP contribution is 2.30. The first-order valence-corrected chi connectivity index (χ1v) is 5.55. The highest BCUT2D eigenvalue weighted by Gasteiger charge is 2.18. The fourth-order valence-corrected chi connectivity index (χ4v) is 2.23. The minimum absolute atomic E-state index is 0.414. The molecule has 0 spiro atoms. The molecule has 0 fully saturated rings. The molecular weight excluding hydrogens is 200 g/mol. The van der Waals surface area contributed by atoms with E-state index in [0.29, 0.717) is 5.92 Å². The van der Waals surface area contributed by atoms with Gasteiger partial charge in [0, 0.05) is 0 Å². The molecule has 16 heavy (non-hydrogen) atoms. The van der Waals surface area contributed by atoms with Crippen LogP contribution in [0, 0.1) is 20.8 Å². The molecule has 0 aliphatic carbocycles. The first-order valence-electron chi connectivity index (χ1n) is 5.55. The molecule has 0 unspecified atom stereocenters. The minimum atomic E-state index is 0.414. The van der Waals surface area contributed by atoms with E-state index >= 15 is 0 Å². The Morgan fingerprint density at radius 1 is 1.12 bits per heavy atom. The number of hydrogen-bond acceptors (Lipinski definition) is 3. The summed E-state index contributed by atoms with van der Waals surface area (Å²) in [7, 11) is 0. The van der Waals surface area contributed by atoms with Crippen molar-refractivity contribution in [1.82, 2.24) is 14.8 Å². The Morgan fingerprint density at radius 3 is 2.31 bits per heavy atom. The number of nitrogens with two attached hydrogens (primary N) is 1. The number of rotatable bonds is 1. The molecule has 2 aromatic heterocycles. The van der Waals surface area contributed by atoms with E-state index in [2.05, 4.69) is 38.0 Å². The molecule has 0 aliphatic rings. The molecule has 0 bridgehead atoms. The van der Waals surface area contributed by atoms with Crippen LogP contribution in [0.5, 0.6) is 0 Å². The van der Waals surface area contributed by atoms with Gasteiger partial charge in [0.25, 0.3) is 0 Å². The van der Waals surface area contributed by atoms with Gasteiger partial charge in [0.1, 0.15) is 0 Å².